The Hall–Kier alpha value is -0.900. The van der Waals surface area contributed by atoms with Crippen molar-refractivity contribution in [1.82, 2.24) is 0 Å². The highest BCUT2D eigenvalue weighted by atomic mass is 16.3. The molecule has 0 radical (unpaired) electrons. The molecular weight excluding hydrogens is 214 g/mol. The Morgan fingerprint density at radius 1 is 1.35 bits per heavy atom. The highest BCUT2D eigenvalue weighted by Gasteiger charge is 2.49. The van der Waals surface area contributed by atoms with Gasteiger partial charge < -0.3 is 15.9 Å². The van der Waals surface area contributed by atoms with E-state index in [4.69, 9.17) is 5.73 Å². The van der Waals surface area contributed by atoms with Crippen molar-refractivity contribution in [3.8, 4) is 0 Å². The summed E-state index contributed by atoms with van der Waals surface area (Å²) in [6.07, 6.45) is 2.06. The number of rotatable bonds is 3. The second kappa shape index (κ2) is 4.41. The van der Waals surface area contributed by atoms with E-state index in [0.29, 0.717) is 12.8 Å². The van der Waals surface area contributed by atoms with E-state index < -0.39 is 11.0 Å². The number of fused-ring (bicyclic) bond motifs is 1. The van der Waals surface area contributed by atoms with E-state index in [-0.39, 0.29) is 13.2 Å². The number of benzene rings is 1. The molecule has 0 amide bonds. The third-order valence-corrected chi connectivity index (χ3v) is 4.40. The van der Waals surface area contributed by atoms with Crippen LogP contribution in [-0.4, -0.2) is 29.0 Å². The first-order chi connectivity index (χ1) is 8.07. The predicted octanol–water partition coefficient (Wildman–Crippen LogP) is 0.963. The molecule has 2 atom stereocenters. The van der Waals surface area contributed by atoms with Crippen LogP contribution in [-0.2, 0) is 11.8 Å². The summed E-state index contributed by atoms with van der Waals surface area (Å²) in [5.74, 6) is 0. The van der Waals surface area contributed by atoms with Crippen LogP contribution in [0.1, 0.15) is 30.9 Å². The molecule has 94 valence electrons. The monoisotopic (exact) mass is 235 g/mol. The molecule has 0 heterocycles. The molecule has 2 rings (SSSR count). The Kier molecular flexibility index (Phi) is 3.25. The zero-order chi connectivity index (χ0) is 12.5. The van der Waals surface area contributed by atoms with Crippen molar-refractivity contribution in [2.24, 2.45) is 5.73 Å². The molecule has 4 N–H and O–H groups in total. The molecule has 0 saturated heterocycles. The van der Waals surface area contributed by atoms with Gasteiger partial charge in [0.1, 0.15) is 0 Å². The van der Waals surface area contributed by atoms with Crippen molar-refractivity contribution in [3.63, 3.8) is 0 Å². The molecule has 0 spiro atoms. The topological polar surface area (TPSA) is 66.5 Å². The fourth-order valence-electron chi connectivity index (χ4n) is 3.06. The van der Waals surface area contributed by atoms with Crippen molar-refractivity contribution in [3.05, 3.63) is 35.4 Å². The highest BCUT2D eigenvalue weighted by molar-refractivity contribution is 5.40. The first-order valence-electron chi connectivity index (χ1n) is 6.19. The average molecular weight is 235 g/mol. The number of aliphatic hydroxyl groups excluding tert-OH is 1. The lowest BCUT2D eigenvalue weighted by molar-refractivity contribution is -0.0485. The summed E-state index contributed by atoms with van der Waals surface area (Å²) in [6.45, 7) is 2.30. The minimum Gasteiger partial charge on any atom is -0.396 e. The molecule has 0 fully saturated rings. The van der Waals surface area contributed by atoms with Crippen molar-refractivity contribution >= 4 is 0 Å². The smallest absolute Gasteiger partial charge is 0.0866 e. The normalized spacial score (nSPS) is 32.2. The zero-order valence-electron chi connectivity index (χ0n) is 10.3. The predicted molar refractivity (Wildman–Crippen MR) is 67.8 cm³/mol. The fourth-order valence-corrected chi connectivity index (χ4v) is 3.06. The lowest BCUT2D eigenvalue weighted by Gasteiger charge is -2.49. The Morgan fingerprint density at radius 2 is 2.06 bits per heavy atom. The third kappa shape index (κ3) is 1.79. The zero-order valence-corrected chi connectivity index (χ0v) is 10.3. The van der Waals surface area contributed by atoms with Gasteiger partial charge in [0.2, 0.25) is 0 Å². The molecule has 1 aromatic carbocycles. The highest BCUT2D eigenvalue weighted by Crippen LogP contribution is 2.45. The van der Waals surface area contributed by atoms with Crippen LogP contribution in [0.5, 0.6) is 0 Å². The lowest BCUT2D eigenvalue weighted by Crippen LogP contribution is -2.57. The first kappa shape index (κ1) is 12.6. The van der Waals surface area contributed by atoms with Crippen LogP contribution >= 0.6 is 0 Å². The van der Waals surface area contributed by atoms with Gasteiger partial charge in [-0.05, 0) is 30.4 Å². The van der Waals surface area contributed by atoms with Crippen LogP contribution in [0.4, 0.5) is 0 Å². The van der Waals surface area contributed by atoms with E-state index in [1.807, 2.05) is 25.1 Å². The van der Waals surface area contributed by atoms with E-state index in [9.17, 15) is 10.2 Å². The molecule has 3 heteroatoms. The molecule has 0 aliphatic heterocycles. The molecule has 3 nitrogen and oxygen atoms in total. The largest absolute Gasteiger partial charge is 0.396 e. The number of aryl methyl sites for hydroxylation is 1. The molecule has 1 aliphatic carbocycles. The van der Waals surface area contributed by atoms with Gasteiger partial charge in [0.25, 0.3) is 0 Å². The van der Waals surface area contributed by atoms with Gasteiger partial charge >= 0.3 is 0 Å². The van der Waals surface area contributed by atoms with E-state index in [1.165, 1.54) is 5.56 Å². The third-order valence-electron chi connectivity index (χ3n) is 4.40. The molecule has 0 bridgehead atoms. The molecule has 17 heavy (non-hydrogen) atoms. The summed E-state index contributed by atoms with van der Waals surface area (Å²) in [5.41, 5.74) is 6.80. The van der Waals surface area contributed by atoms with Crippen LogP contribution < -0.4 is 5.73 Å². The molecule has 0 aromatic heterocycles. The van der Waals surface area contributed by atoms with Gasteiger partial charge in [0.15, 0.2) is 0 Å². The fraction of sp³-hybridized carbons (Fsp3) is 0.571. The van der Waals surface area contributed by atoms with Gasteiger partial charge in [-0.1, -0.05) is 31.2 Å². The van der Waals surface area contributed by atoms with E-state index in [2.05, 4.69) is 6.07 Å². The van der Waals surface area contributed by atoms with Crippen molar-refractivity contribution < 1.29 is 10.2 Å². The van der Waals surface area contributed by atoms with Crippen molar-refractivity contribution in [2.45, 2.75) is 37.2 Å². The summed E-state index contributed by atoms with van der Waals surface area (Å²) < 4.78 is 0. The minimum absolute atomic E-state index is 0.0626. The number of hydrogen-bond donors (Lipinski definition) is 3. The maximum Gasteiger partial charge on any atom is 0.0866 e. The van der Waals surface area contributed by atoms with Gasteiger partial charge in [-0.3, -0.25) is 0 Å². The number of hydrogen-bond acceptors (Lipinski definition) is 3. The molecular formula is C14H21NO2. The summed E-state index contributed by atoms with van der Waals surface area (Å²) in [4.78, 5) is 0. The summed E-state index contributed by atoms with van der Waals surface area (Å²) >= 11 is 0. The van der Waals surface area contributed by atoms with Gasteiger partial charge in [0, 0.05) is 18.6 Å². The quantitative estimate of drug-likeness (QED) is 0.731. The second-order valence-corrected chi connectivity index (χ2v) is 5.20. The van der Waals surface area contributed by atoms with Crippen LogP contribution in [0.2, 0.25) is 0 Å². The summed E-state index contributed by atoms with van der Waals surface area (Å²) in [5, 5.41) is 20.0. The Balaban J connectivity index is 2.54. The van der Waals surface area contributed by atoms with Crippen LogP contribution in [0, 0.1) is 0 Å². The van der Waals surface area contributed by atoms with Gasteiger partial charge in [-0.25, -0.2) is 0 Å². The van der Waals surface area contributed by atoms with Crippen LogP contribution in [0.25, 0.3) is 0 Å². The maximum atomic E-state index is 10.7. The summed E-state index contributed by atoms with van der Waals surface area (Å²) in [7, 11) is 0. The van der Waals surface area contributed by atoms with Gasteiger partial charge in [-0.2, -0.15) is 0 Å². The number of aliphatic hydroxyl groups is 2. The van der Waals surface area contributed by atoms with E-state index in [0.717, 1.165) is 12.0 Å². The number of nitrogens with two attached hydrogens (primary N) is 1. The first-order valence-corrected chi connectivity index (χ1v) is 6.19. The molecule has 2 unspecified atom stereocenters. The second-order valence-electron chi connectivity index (χ2n) is 5.20. The van der Waals surface area contributed by atoms with Gasteiger partial charge in [-0.15, -0.1) is 0 Å². The van der Waals surface area contributed by atoms with Gasteiger partial charge in [0.05, 0.1) is 5.60 Å². The van der Waals surface area contributed by atoms with E-state index in [1.54, 1.807) is 0 Å². The molecule has 1 aromatic rings. The Labute approximate surface area is 102 Å². The summed E-state index contributed by atoms with van der Waals surface area (Å²) in [6, 6.07) is 8.15. The minimum atomic E-state index is -0.913. The Morgan fingerprint density at radius 3 is 2.71 bits per heavy atom. The van der Waals surface area contributed by atoms with E-state index >= 15 is 0 Å². The average Bonchev–Trinajstić information content (AvgIpc) is 2.35. The van der Waals surface area contributed by atoms with Crippen molar-refractivity contribution in [2.75, 3.05) is 13.2 Å². The maximum absolute atomic E-state index is 10.7. The molecule has 0 saturated carbocycles. The van der Waals surface area contributed by atoms with Crippen molar-refractivity contribution in [1.29, 1.82) is 0 Å². The Bertz CT molecular complexity index is 407. The molecule has 1 aliphatic rings. The van der Waals surface area contributed by atoms with Crippen LogP contribution in [0.15, 0.2) is 24.3 Å². The standard InChI is InChI=1S/C14H21NO2/c1-13(8-9-16)12-5-3-2-4-11(12)6-7-14(13,17)10-15/h2-5,16-17H,6-10,15H2,1H3. The van der Waals surface area contributed by atoms with Crippen LogP contribution in [0.3, 0.4) is 0 Å². The SMILES string of the molecule is CC1(CCO)c2ccccc2CCC1(O)CN. The lowest BCUT2D eigenvalue weighted by atomic mass is 9.60.